The van der Waals surface area contributed by atoms with E-state index in [9.17, 15) is 5.26 Å². The fourth-order valence-electron chi connectivity index (χ4n) is 2.62. The Labute approximate surface area is 143 Å². The normalized spacial score (nSPS) is 10.8. The van der Waals surface area contributed by atoms with Gasteiger partial charge < -0.3 is 8.82 Å². The number of fused-ring (bicyclic) bond motifs is 1. The van der Waals surface area contributed by atoms with E-state index in [0.29, 0.717) is 16.5 Å². The topological polar surface area (TPSA) is 54.2 Å². The number of hydrogen-bond donors (Lipinski definition) is 0. The summed E-state index contributed by atoms with van der Waals surface area (Å²) in [6, 6.07) is 18.0. The SMILES string of the molecule is N#Cc1c(CSc2ncc(-c3ccccc3)o2)cn2ccccc12. The Kier molecular flexibility index (Phi) is 3.81. The summed E-state index contributed by atoms with van der Waals surface area (Å²) in [7, 11) is 0. The average molecular weight is 331 g/mol. The van der Waals surface area contributed by atoms with Crippen molar-refractivity contribution in [3.05, 3.63) is 78.2 Å². The van der Waals surface area contributed by atoms with Gasteiger partial charge in [-0.25, -0.2) is 4.98 Å². The smallest absolute Gasteiger partial charge is 0.256 e. The van der Waals surface area contributed by atoms with E-state index in [4.69, 9.17) is 4.42 Å². The molecular weight excluding hydrogens is 318 g/mol. The number of nitriles is 1. The molecule has 0 spiro atoms. The number of nitrogens with zero attached hydrogens (tertiary/aromatic N) is 3. The molecule has 4 rings (SSSR count). The van der Waals surface area contributed by atoms with Gasteiger partial charge in [0.25, 0.3) is 5.22 Å². The molecular formula is C19H13N3OS. The maximum atomic E-state index is 9.44. The van der Waals surface area contributed by atoms with E-state index in [1.165, 1.54) is 11.8 Å². The number of rotatable bonds is 4. The minimum absolute atomic E-state index is 0.605. The van der Waals surface area contributed by atoms with Crippen molar-refractivity contribution >= 4 is 17.3 Å². The van der Waals surface area contributed by atoms with Gasteiger partial charge in [0.1, 0.15) is 6.07 Å². The van der Waals surface area contributed by atoms with E-state index in [-0.39, 0.29) is 0 Å². The van der Waals surface area contributed by atoms with Crippen LogP contribution in [-0.2, 0) is 5.75 Å². The summed E-state index contributed by atoms with van der Waals surface area (Å²) in [6.45, 7) is 0. The number of oxazole rings is 1. The molecule has 3 heterocycles. The van der Waals surface area contributed by atoms with Crippen LogP contribution in [0, 0.1) is 11.3 Å². The molecule has 4 nitrogen and oxygen atoms in total. The molecule has 0 aliphatic heterocycles. The second kappa shape index (κ2) is 6.26. The van der Waals surface area contributed by atoms with Gasteiger partial charge in [-0.05, 0) is 17.7 Å². The maximum absolute atomic E-state index is 9.44. The lowest BCUT2D eigenvalue weighted by Gasteiger charge is -1.96. The van der Waals surface area contributed by atoms with Gasteiger partial charge in [0.05, 0.1) is 17.3 Å². The van der Waals surface area contributed by atoms with Gasteiger partial charge in [-0.15, -0.1) is 0 Å². The van der Waals surface area contributed by atoms with E-state index in [1.807, 2.05) is 65.3 Å². The molecule has 0 N–H and O–H groups in total. The molecule has 1 aromatic carbocycles. The lowest BCUT2D eigenvalue weighted by molar-refractivity contribution is 0.466. The third kappa shape index (κ3) is 2.68. The highest BCUT2D eigenvalue weighted by atomic mass is 32.2. The van der Waals surface area contributed by atoms with Crippen LogP contribution in [0.5, 0.6) is 0 Å². The Morgan fingerprint density at radius 1 is 1.12 bits per heavy atom. The third-order valence-electron chi connectivity index (χ3n) is 3.77. The summed E-state index contributed by atoms with van der Waals surface area (Å²) in [5.74, 6) is 1.39. The van der Waals surface area contributed by atoms with E-state index in [1.54, 1.807) is 6.20 Å². The van der Waals surface area contributed by atoms with Crippen molar-refractivity contribution in [2.45, 2.75) is 11.0 Å². The molecule has 0 aliphatic carbocycles. The molecule has 0 fully saturated rings. The fourth-order valence-corrected chi connectivity index (χ4v) is 3.39. The van der Waals surface area contributed by atoms with Gasteiger partial charge in [0, 0.05) is 23.7 Å². The van der Waals surface area contributed by atoms with Crippen LogP contribution in [0.1, 0.15) is 11.1 Å². The standard InChI is InChI=1S/C19H13N3OS/c20-10-16-15(12-22-9-5-4-8-17(16)22)13-24-19-21-11-18(23-19)14-6-2-1-3-7-14/h1-9,11-12H,13H2. The number of hydrogen-bond acceptors (Lipinski definition) is 4. The Hall–Kier alpha value is -2.97. The zero-order valence-corrected chi connectivity index (χ0v) is 13.5. The van der Waals surface area contributed by atoms with Crippen LogP contribution in [0.15, 0.2) is 76.8 Å². The summed E-state index contributed by atoms with van der Waals surface area (Å²) in [6.07, 6.45) is 5.67. The van der Waals surface area contributed by atoms with Gasteiger partial charge in [-0.3, -0.25) is 0 Å². The zero-order valence-electron chi connectivity index (χ0n) is 12.7. The lowest BCUT2D eigenvalue weighted by Crippen LogP contribution is -1.81. The fraction of sp³-hybridized carbons (Fsp3) is 0.0526. The Morgan fingerprint density at radius 3 is 2.79 bits per heavy atom. The molecule has 0 radical (unpaired) electrons. The maximum Gasteiger partial charge on any atom is 0.256 e. The second-order valence-corrected chi connectivity index (χ2v) is 6.21. The zero-order chi connectivity index (χ0) is 16.4. The summed E-state index contributed by atoms with van der Waals surface area (Å²) in [5, 5.41) is 10.0. The number of benzene rings is 1. The Bertz CT molecular complexity index is 1030. The number of thioether (sulfide) groups is 1. The molecule has 24 heavy (non-hydrogen) atoms. The molecule has 0 saturated carbocycles. The van der Waals surface area contributed by atoms with Crippen LogP contribution in [-0.4, -0.2) is 9.38 Å². The molecule has 116 valence electrons. The molecule has 0 unspecified atom stereocenters. The summed E-state index contributed by atoms with van der Waals surface area (Å²) >= 11 is 1.49. The van der Waals surface area contributed by atoms with E-state index in [0.717, 1.165) is 22.4 Å². The van der Waals surface area contributed by atoms with Gasteiger partial charge in [0.15, 0.2) is 5.76 Å². The van der Waals surface area contributed by atoms with Crippen LogP contribution in [0.4, 0.5) is 0 Å². The molecule has 0 amide bonds. The summed E-state index contributed by atoms with van der Waals surface area (Å²) in [5.41, 5.74) is 3.61. The second-order valence-electron chi connectivity index (χ2n) is 5.28. The predicted octanol–water partition coefficient (Wildman–Crippen LogP) is 4.76. The van der Waals surface area contributed by atoms with Gasteiger partial charge >= 0.3 is 0 Å². The minimum Gasteiger partial charge on any atom is -0.431 e. The summed E-state index contributed by atoms with van der Waals surface area (Å²) < 4.78 is 7.77. The third-order valence-corrected chi connectivity index (χ3v) is 4.66. The predicted molar refractivity (Wildman–Crippen MR) is 93.6 cm³/mol. The van der Waals surface area contributed by atoms with Gasteiger partial charge in [-0.2, -0.15) is 5.26 Å². The van der Waals surface area contributed by atoms with E-state index >= 15 is 0 Å². The van der Waals surface area contributed by atoms with Crippen molar-refractivity contribution in [2.24, 2.45) is 0 Å². The minimum atomic E-state index is 0.605. The molecule has 5 heteroatoms. The van der Waals surface area contributed by atoms with Crippen molar-refractivity contribution in [1.29, 1.82) is 5.26 Å². The monoisotopic (exact) mass is 331 g/mol. The highest BCUT2D eigenvalue weighted by Crippen LogP contribution is 2.29. The van der Waals surface area contributed by atoms with Gasteiger partial charge in [0.2, 0.25) is 0 Å². The average Bonchev–Trinajstić information content (AvgIpc) is 3.24. The van der Waals surface area contributed by atoms with Gasteiger partial charge in [-0.1, -0.05) is 48.2 Å². The van der Waals surface area contributed by atoms with Crippen molar-refractivity contribution in [3.63, 3.8) is 0 Å². The Morgan fingerprint density at radius 2 is 1.96 bits per heavy atom. The highest BCUT2D eigenvalue weighted by molar-refractivity contribution is 7.98. The van der Waals surface area contributed by atoms with Crippen LogP contribution < -0.4 is 0 Å². The Balaban J connectivity index is 1.56. The first-order chi connectivity index (χ1) is 11.8. The van der Waals surface area contributed by atoms with Crippen molar-refractivity contribution < 1.29 is 4.42 Å². The highest BCUT2D eigenvalue weighted by Gasteiger charge is 2.12. The molecule has 3 aromatic heterocycles. The van der Waals surface area contributed by atoms with E-state index in [2.05, 4.69) is 11.1 Å². The quantitative estimate of drug-likeness (QED) is 0.506. The van der Waals surface area contributed by atoms with Crippen LogP contribution in [0.25, 0.3) is 16.8 Å². The first-order valence-electron chi connectivity index (χ1n) is 7.48. The first-order valence-corrected chi connectivity index (χ1v) is 8.46. The number of aromatic nitrogens is 2. The molecule has 0 bridgehead atoms. The molecule has 0 aliphatic rings. The number of pyridine rings is 1. The van der Waals surface area contributed by atoms with Crippen molar-refractivity contribution in [1.82, 2.24) is 9.38 Å². The van der Waals surface area contributed by atoms with Crippen molar-refractivity contribution in [2.75, 3.05) is 0 Å². The van der Waals surface area contributed by atoms with Crippen LogP contribution in [0.2, 0.25) is 0 Å². The molecule has 0 atom stereocenters. The van der Waals surface area contributed by atoms with Crippen molar-refractivity contribution in [3.8, 4) is 17.4 Å². The van der Waals surface area contributed by atoms with Crippen LogP contribution >= 0.6 is 11.8 Å². The largest absolute Gasteiger partial charge is 0.431 e. The molecule has 4 aromatic rings. The molecule has 0 saturated heterocycles. The lowest BCUT2D eigenvalue weighted by atomic mass is 10.2. The first kappa shape index (κ1) is 14.6. The van der Waals surface area contributed by atoms with Crippen LogP contribution in [0.3, 0.4) is 0 Å². The van der Waals surface area contributed by atoms with E-state index < -0.39 is 0 Å². The summed E-state index contributed by atoms with van der Waals surface area (Å²) in [4.78, 5) is 4.32.